The van der Waals surface area contributed by atoms with Gasteiger partial charge in [0.15, 0.2) is 9.84 Å². The second-order valence-electron chi connectivity index (χ2n) is 9.04. The van der Waals surface area contributed by atoms with E-state index in [2.05, 4.69) is 15.3 Å². The van der Waals surface area contributed by atoms with Gasteiger partial charge in [0.05, 0.1) is 4.90 Å². The van der Waals surface area contributed by atoms with E-state index in [0.29, 0.717) is 18.2 Å². The van der Waals surface area contributed by atoms with Crippen LogP contribution in [0.1, 0.15) is 49.5 Å². The summed E-state index contributed by atoms with van der Waals surface area (Å²) in [5, 5.41) is 3.10. The average molecular weight is 447 g/mol. The van der Waals surface area contributed by atoms with Gasteiger partial charge in [0.1, 0.15) is 11.4 Å². The van der Waals surface area contributed by atoms with Crippen LogP contribution >= 0.6 is 0 Å². The van der Waals surface area contributed by atoms with Crippen molar-refractivity contribution >= 4 is 33.2 Å². The first-order valence-corrected chi connectivity index (χ1v) is 12.0. The topological polar surface area (TPSA) is 144 Å². The van der Waals surface area contributed by atoms with Gasteiger partial charge in [-0.3, -0.25) is 4.79 Å². The number of nitrogens with two attached hydrogens (primary N) is 2. The molecule has 0 spiro atoms. The number of carbonyl (C=O) groups is 1. The van der Waals surface area contributed by atoms with Crippen LogP contribution in [-0.4, -0.2) is 49.7 Å². The van der Waals surface area contributed by atoms with E-state index < -0.39 is 15.7 Å². The third-order valence-corrected chi connectivity index (χ3v) is 6.34. The smallest absolute Gasteiger partial charge is 0.254 e. The van der Waals surface area contributed by atoms with E-state index >= 15 is 0 Å². The van der Waals surface area contributed by atoms with Crippen LogP contribution < -0.4 is 21.7 Å². The van der Waals surface area contributed by atoms with E-state index in [4.69, 9.17) is 11.5 Å². The Bertz CT molecular complexity index is 1090. The van der Waals surface area contributed by atoms with Crippen LogP contribution in [0.2, 0.25) is 0 Å². The molecule has 1 aliphatic rings. The molecule has 1 aromatic carbocycles. The Morgan fingerprint density at radius 2 is 1.97 bits per heavy atom. The molecular formula is C21H30N6O3S. The number of primary amides is 1. The van der Waals surface area contributed by atoms with E-state index in [1.54, 1.807) is 6.07 Å². The number of aromatic nitrogens is 2. The summed E-state index contributed by atoms with van der Waals surface area (Å²) in [5.41, 5.74) is 12.8. The van der Waals surface area contributed by atoms with Gasteiger partial charge in [-0.15, -0.1) is 0 Å². The van der Waals surface area contributed by atoms with Crippen LogP contribution in [0.25, 0.3) is 0 Å². The Balaban J connectivity index is 2.06. The number of amides is 1. The van der Waals surface area contributed by atoms with Gasteiger partial charge in [0.2, 0.25) is 5.95 Å². The molecule has 1 amide bonds. The molecule has 1 saturated heterocycles. The quantitative estimate of drug-likeness (QED) is 0.632. The van der Waals surface area contributed by atoms with Crippen molar-refractivity contribution in [2.45, 2.75) is 50.0 Å². The Hall–Kier alpha value is -2.72. The summed E-state index contributed by atoms with van der Waals surface area (Å²) in [6.45, 7) is 7.37. The van der Waals surface area contributed by atoms with Gasteiger partial charge in [0.25, 0.3) is 5.91 Å². The van der Waals surface area contributed by atoms with E-state index in [0.717, 1.165) is 31.2 Å². The number of nitrogens with zero attached hydrogens (tertiary/aromatic N) is 3. The lowest BCUT2D eigenvalue weighted by Crippen LogP contribution is -2.43. The van der Waals surface area contributed by atoms with Gasteiger partial charge in [-0.05, 0) is 42.0 Å². The highest BCUT2D eigenvalue weighted by molar-refractivity contribution is 7.90. The van der Waals surface area contributed by atoms with Crippen molar-refractivity contribution in [2.75, 3.05) is 29.6 Å². The fourth-order valence-corrected chi connectivity index (χ4v) is 4.13. The van der Waals surface area contributed by atoms with Crippen molar-refractivity contribution in [3.63, 3.8) is 0 Å². The standard InChI is InChI=1S/C21H30N6O3S/c1-21(2,3)13-8-15(10-16(9-13)31(4,29)30)25-19-17(18(23)28)11-24-20(26-19)27-7-5-6-14(22)12-27/h8-11,14H,5-7,12,22H2,1-4H3,(H2,23,28)(H,24,25,26). The number of anilines is 3. The zero-order valence-electron chi connectivity index (χ0n) is 18.3. The predicted molar refractivity (Wildman–Crippen MR) is 122 cm³/mol. The van der Waals surface area contributed by atoms with Crippen LogP contribution in [0.3, 0.4) is 0 Å². The van der Waals surface area contributed by atoms with Crippen molar-refractivity contribution < 1.29 is 13.2 Å². The van der Waals surface area contributed by atoms with Gasteiger partial charge in [-0.2, -0.15) is 4.98 Å². The normalized spacial score (nSPS) is 17.5. The molecular weight excluding hydrogens is 416 g/mol. The summed E-state index contributed by atoms with van der Waals surface area (Å²) < 4.78 is 24.5. The van der Waals surface area contributed by atoms with Crippen LogP contribution in [0.4, 0.5) is 17.5 Å². The van der Waals surface area contributed by atoms with Gasteiger partial charge in [-0.25, -0.2) is 13.4 Å². The van der Waals surface area contributed by atoms with Crippen LogP contribution in [0.5, 0.6) is 0 Å². The van der Waals surface area contributed by atoms with Crippen LogP contribution in [0, 0.1) is 0 Å². The molecule has 2 heterocycles. The molecule has 0 radical (unpaired) electrons. The Kier molecular flexibility index (Phi) is 6.24. The number of hydrogen-bond acceptors (Lipinski definition) is 8. The second-order valence-corrected chi connectivity index (χ2v) is 11.1. The van der Waals surface area contributed by atoms with E-state index in [-0.39, 0.29) is 27.7 Å². The highest BCUT2D eigenvalue weighted by atomic mass is 32.2. The molecule has 10 heteroatoms. The first-order valence-electron chi connectivity index (χ1n) is 10.1. The van der Waals surface area contributed by atoms with Crippen molar-refractivity contribution in [1.82, 2.24) is 9.97 Å². The molecule has 1 atom stereocenters. The van der Waals surface area contributed by atoms with Gasteiger partial charge in [0, 0.05) is 37.3 Å². The number of sulfone groups is 1. The minimum atomic E-state index is -3.44. The molecule has 0 bridgehead atoms. The summed E-state index contributed by atoms with van der Waals surface area (Å²) in [4.78, 5) is 23.0. The summed E-state index contributed by atoms with van der Waals surface area (Å²) in [5.74, 6) is -0.0141. The number of piperidine rings is 1. The van der Waals surface area contributed by atoms with Crippen molar-refractivity contribution in [3.8, 4) is 0 Å². The molecule has 1 unspecified atom stereocenters. The average Bonchev–Trinajstić information content (AvgIpc) is 2.66. The minimum Gasteiger partial charge on any atom is -0.365 e. The van der Waals surface area contributed by atoms with Gasteiger partial charge in [-0.1, -0.05) is 20.8 Å². The third kappa shape index (κ3) is 5.50. The lowest BCUT2D eigenvalue weighted by Gasteiger charge is -2.31. The highest BCUT2D eigenvalue weighted by Crippen LogP contribution is 2.30. The summed E-state index contributed by atoms with van der Waals surface area (Å²) >= 11 is 0. The number of hydrogen-bond donors (Lipinski definition) is 3. The maximum atomic E-state index is 12.2. The predicted octanol–water partition coefficient (Wildman–Crippen LogP) is 1.95. The van der Waals surface area contributed by atoms with E-state index in [9.17, 15) is 13.2 Å². The molecule has 3 rings (SSSR count). The minimum absolute atomic E-state index is 0.0327. The Morgan fingerprint density at radius 1 is 1.26 bits per heavy atom. The van der Waals surface area contributed by atoms with Crippen LogP contribution in [-0.2, 0) is 15.3 Å². The van der Waals surface area contributed by atoms with E-state index in [1.807, 2.05) is 31.7 Å². The molecule has 0 aliphatic carbocycles. The third-order valence-electron chi connectivity index (χ3n) is 5.25. The second kappa shape index (κ2) is 8.43. The first-order chi connectivity index (χ1) is 14.3. The molecule has 9 nitrogen and oxygen atoms in total. The van der Waals surface area contributed by atoms with Crippen molar-refractivity contribution in [2.24, 2.45) is 11.5 Å². The molecule has 1 fully saturated rings. The summed E-state index contributed by atoms with van der Waals surface area (Å²) in [6.07, 6.45) is 4.42. The molecule has 2 aromatic rings. The fourth-order valence-electron chi connectivity index (χ4n) is 3.45. The van der Waals surface area contributed by atoms with Crippen LogP contribution in [0.15, 0.2) is 29.3 Å². The monoisotopic (exact) mass is 446 g/mol. The fraction of sp³-hybridized carbons (Fsp3) is 0.476. The summed E-state index contributed by atoms with van der Waals surface area (Å²) in [6, 6.07) is 5.06. The first kappa shape index (κ1) is 23.0. The number of benzene rings is 1. The zero-order valence-corrected chi connectivity index (χ0v) is 19.2. The maximum absolute atomic E-state index is 12.2. The van der Waals surface area contributed by atoms with E-state index in [1.165, 1.54) is 12.3 Å². The number of carbonyl (C=O) groups excluding carboxylic acids is 1. The SMILES string of the molecule is CC(C)(C)c1cc(Nc2nc(N3CCCC(N)C3)ncc2C(N)=O)cc(S(C)(=O)=O)c1. The van der Waals surface area contributed by atoms with Crippen molar-refractivity contribution in [1.29, 1.82) is 0 Å². The van der Waals surface area contributed by atoms with Gasteiger partial charge >= 0.3 is 0 Å². The molecule has 31 heavy (non-hydrogen) atoms. The Labute approximate surface area is 183 Å². The molecule has 0 saturated carbocycles. The Morgan fingerprint density at radius 3 is 2.55 bits per heavy atom. The van der Waals surface area contributed by atoms with Gasteiger partial charge < -0.3 is 21.7 Å². The number of nitrogens with one attached hydrogen (secondary N) is 1. The molecule has 1 aliphatic heterocycles. The molecule has 168 valence electrons. The summed E-state index contributed by atoms with van der Waals surface area (Å²) in [7, 11) is -3.44. The lowest BCUT2D eigenvalue weighted by molar-refractivity contribution is 0.100. The lowest BCUT2D eigenvalue weighted by atomic mass is 9.87. The molecule has 1 aromatic heterocycles. The maximum Gasteiger partial charge on any atom is 0.254 e. The largest absolute Gasteiger partial charge is 0.365 e. The molecule has 5 N–H and O–H groups in total. The van der Waals surface area contributed by atoms with Crippen molar-refractivity contribution in [3.05, 3.63) is 35.5 Å². The zero-order chi connectivity index (χ0) is 23.0. The number of rotatable bonds is 5. The highest BCUT2D eigenvalue weighted by Gasteiger charge is 2.23.